The van der Waals surface area contributed by atoms with Crippen LogP contribution in [-0.2, 0) is 9.53 Å². The van der Waals surface area contributed by atoms with Gasteiger partial charge in [-0.05, 0) is 0 Å². The molecule has 0 aromatic carbocycles. The van der Waals surface area contributed by atoms with E-state index in [1.54, 1.807) is 0 Å². The normalized spacial score (nSPS) is 27.5. The van der Waals surface area contributed by atoms with Gasteiger partial charge in [0.15, 0.2) is 11.8 Å². The average molecular weight is 274 g/mol. The number of hydrogen-bond donors (Lipinski definition) is 5. The van der Waals surface area contributed by atoms with E-state index in [0.717, 1.165) is 0 Å². The molecule has 0 aliphatic heterocycles. The zero-order valence-corrected chi connectivity index (χ0v) is 10.5. The van der Waals surface area contributed by atoms with Crippen LogP contribution < -0.4 is 5.73 Å². The number of nitrogens with two attached hydrogens (primary N) is 1. The van der Waals surface area contributed by atoms with Gasteiger partial charge in [0.05, 0.1) is 37.3 Å². The van der Waals surface area contributed by atoms with Gasteiger partial charge in [0.2, 0.25) is 0 Å². The zero-order valence-electron chi connectivity index (χ0n) is 10.5. The Hall–Kier alpha value is -1.64. The standard InChI is InChI=1S/C11H18N2O6/c1-19-9-6(12)2-11(18,5-15)3-7(9)13-8(4-14)10(16)17/h8,14-15,18H,2-5,12H2,1H3,(H,16,17)/t8-,11-/m0/s1. The summed E-state index contributed by atoms with van der Waals surface area (Å²) < 4.78 is 5.04. The number of hydrogen-bond acceptors (Lipinski definition) is 7. The van der Waals surface area contributed by atoms with E-state index >= 15 is 0 Å². The van der Waals surface area contributed by atoms with E-state index in [4.69, 9.17) is 25.8 Å². The van der Waals surface area contributed by atoms with Crippen molar-refractivity contribution in [2.24, 2.45) is 10.7 Å². The van der Waals surface area contributed by atoms with Gasteiger partial charge in [-0.25, -0.2) is 4.79 Å². The lowest BCUT2D eigenvalue weighted by Crippen LogP contribution is -2.43. The Labute approximate surface area is 109 Å². The number of allylic oxidation sites excluding steroid dienone is 1. The first-order valence-corrected chi connectivity index (χ1v) is 5.63. The lowest BCUT2D eigenvalue weighted by atomic mass is 9.85. The minimum atomic E-state index is -1.50. The van der Waals surface area contributed by atoms with E-state index in [9.17, 15) is 9.90 Å². The second-order valence-corrected chi connectivity index (χ2v) is 4.41. The Balaban J connectivity index is 3.18. The fraction of sp³-hybridized carbons (Fsp3) is 0.636. The molecule has 1 aliphatic carbocycles. The van der Waals surface area contributed by atoms with E-state index in [1.807, 2.05) is 0 Å². The highest BCUT2D eigenvalue weighted by atomic mass is 16.5. The number of aliphatic imine (C=N–C) groups is 1. The first-order chi connectivity index (χ1) is 8.86. The third-order valence-corrected chi connectivity index (χ3v) is 2.84. The summed E-state index contributed by atoms with van der Waals surface area (Å²) in [5.74, 6) is -1.13. The molecule has 6 N–H and O–H groups in total. The molecule has 19 heavy (non-hydrogen) atoms. The monoisotopic (exact) mass is 274 g/mol. The molecule has 1 aliphatic rings. The Morgan fingerprint density at radius 3 is 2.58 bits per heavy atom. The topological polar surface area (TPSA) is 146 Å². The van der Waals surface area contributed by atoms with Crippen molar-refractivity contribution in [1.29, 1.82) is 0 Å². The summed E-state index contributed by atoms with van der Waals surface area (Å²) in [6.45, 7) is -1.23. The fourth-order valence-electron chi connectivity index (χ4n) is 1.90. The van der Waals surface area contributed by atoms with Gasteiger partial charge in [-0.3, -0.25) is 4.99 Å². The molecule has 1 rings (SSSR count). The predicted molar refractivity (Wildman–Crippen MR) is 65.4 cm³/mol. The molecule has 0 unspecified atom stereocenters. The molecule has 8 nitrogen and oxygen atoms in total. The highest BCUT2D eigenvalue weighted by molar-refractivity contribution is 6.01. The predicted octanol–water partition coefficient (Wildman–Crippen LogP) is -1.79. The Kier molecular flexibility index (Phi) is 4.87. The number of carboxylic acids is 1. The van der Waals surface area contributed by atoms with Crippen LogP contribution >= 0.6 is 0 Å². The molecule has 0 radical (unpaired) electrons. The zero-order chi connectivity index (χ0) is 14.6. The molecular weight excluding hydrogens is 256 g/mol. The smallest absolute Gasteiger partial charge is 0.330 e. The first kappa shape index (κ1) is 15.4. The van der Waals surface area contributed by atoms with Gasteiger partial charge in [0.25, 0.3) is 0 Å². The van der Waals surface area contributed by atoms with Crippen LogP contribution in [0.3, 0.4) is 0 Å². The minimum Gasteiger partial charge on any atom is -0.493 e. The van der Waals surface area contributed by atoms with Crippen LogP contribution in [0.2, 0.25) is 0 Å². The van der Waals surface area contributed by atoms with Gasteiger partial charge in [-0.2, -0.15) is 0 Å². The molecule has 2 atom stereocenters. The van der Waals surface area contributed by atoms with Gasteiger partial charge in [-0.15, -0.1) is 0 Å². The molecule has 0 fully saturated rings. The molecule has 0 amide bonds. The number of rotatable bonds is 5. The minimum absolute atomic E-state index is 0.00254. The molecule has 0 aromatic rings. The molecular formula is C11H18N2O6. The number of carbonyl (C=O) groups is 1. The van der Waals surface area contributed by atoms with Crippen molar-refractivity contribution in [3.63, 3.8) is 0 Å². The number of ether oxygens (including phenoxy) is 1. The van der Waals surface area contributed by atoms with Crippen molar-refractivity contribution in [3.8, 4) is 0 Å². The molecule has 8 heteroatoms. The van der Waals surface area contributed by atoms with Crippen molar-refractivity contribution in [2.75, 3.05) is 20.3 Å². The van der Waals surface area contributed by atoms with Crippen molar-refractivity contribution in [3.05, 3.63) is 11.5 Å². The molecule has 108 valence electrons. The van der Waals surface area contributed by atoms with Crippen LogP contribution in [0.25, 0.3) is 0 Å². The summed E-state index contributed by atoms with van der Waals surface area (Å²) in [5.41, 5.74) is 4.51. The molecule has 0 saturated carbocycles. The number of nitrogens with zero attached hydrogens (tertiary/aromatic N) is 1. The van der Waals surface area contributed by atoms with E-state index in [-0.39, 0.29) is 30.0 Å². The lowest BCUT2D eigenvalue weighted by molar-refractivity contribution is -0.139. The summed E-state index contributed by atoms with van der Waals surface area (Å²) in [7, 11) is 1.34. The summed E-state index contributed by atoms with van der Waals surface area (Å²) in [6.07, 6.45) is -0.0975. The highest BCUT2D eigenvalue weighted by Gasteiger charge is 2.37. The van der Waals surface area contributed by atoms with Crippen molar-refractivity contribution in [1.82, 2.24) is 0 Å². The van der Waals surface area contributed by atoms with Crippen LogP contribution in [0.1, 0.15) is 12.8 Å². The fourth-order valence-corrected chi connectivity index (χ4v) is 1.90. The van der Waals surface area contributed by atoms with Gasteiger partial charge >= 0.3 is 5.97 Å². The number of aliphatic carboxylic acids is 1. The number of methoxy groups -OCH3 is 1. The Morgan fingerprint density at radius 2 is 2.16 bits per heavy atom. The number of aliphatic hydroxyl groups excluding tert-OH is 2. The van der Waals surface area contributed by atoms with E-state index in [1.165, 1.54) is 7.11 Å². The Morgan fingerprint density at radius 1 is 1.53 bits per heavy atom. The number of carboxylic acid groups (broad SMARTS) is 1. The van der Waals surface area contributed by atoms with Crippen molar-refractivity contribution >= 4 is 11.7 Å². The second kappa shape index (κ2) is 6.00. The summed E-state index contributed by atoms with van der Waals surface area (Å²) >= 11 is 0. The van der Waals surface area contributed by atoms with Crippen LogP contribution in [-0.4, -0.2) is 64.1 Å². The molecule has 0 heterocycles. The van der Waals surface area contributed by atoms with Gasteiger partial charge in [0.1, 0.15) is 0 Å². The maximum absolute atomic E-state index is 10.8. The molecule has 0 saturated heterocycles. The average Bonchev–Trinajstić information content (AvgIpc) is 2.35. The first-order valence-electron chi connectivity index (χ1n) is 5.63. The van der Waals surface area contributed by atoms with Gasteiger partial charge in [-0.1, -0.05) is 0 Å². The summed E-state index contributed by atoms with van der Waals surface area (Å²) in [5, 5.41) is 37.0. The van der Waals surface area contributed by atoms with E-state index in [0.29, 0.717) is 0 Å². The van der Waals surface area contributed by atoms with Crippen molar-refractivity contribution in [2.45, 2.75) is 24.5 Å². The van der Waals surface area contributed by atoms with Gasteiger partial charge < -0.3 is 30.9 Å². The number of aliphatic hydroxyl groups is 3. The van der Waals surface area contributed by atoms with E-state index < -0.39 is 30.8 Å². The molecule has 0 aromatic heterocycles. The van der Waals surface area contributed by atoms with Crippen LogP contribution in [0.5, 0.6) is 0 Å². The quantitative estimate of drug-likeness (QED) is 0.398. The second-order valence-electron chi connectivity index (χ2n) is 4.41. The molecule has 0 bridgehead atoms. The third-order valence-electron chi connectivity index (χ3n) is 2.84. The summed E-state index contributed by atoms with van der Waals surface area (Å²) in [6, 6.07) is -1.37. The SMILES string of the molecule is COC1=C(N)C[C@@](O)(CO)CC1=N[C@@H](CO)C(=O)O. The highest BCUT2D eigenvalue weighted by Crippen LogP contribution is 2.29. The van der Waals surface area contributed by atoms with E-state index in [2.05, 4.69) is 4.99 Å². The Bertz CT molecular complexity index is 419. The van der Waals surface area contributed by atoms with Gasteiger partial charge in [0, 0.05) is 12.8 Å². The third kappa shape index (κ3) is 3.43. The van der Waals surface area contributed by atoms with Crippen LogP contribution in [0, 0.1) is 0 Å². The maximum atomic E-state index is 10.8. The van der Waals surface area contributed by atoms with Crippen molar-refractivity contribution < 1.29 is 30.0 Å². The van der Waals surface area contributed by atoms with Crippen LogP contribution in [0.15, 0.2) is 16.4 Å². The summed E-state index contributed by atoms with van der Waals surface area (Å²) in [4.78, 5) is 14.7. The largest absolute Gasteiger partial charge is 0.493 e. The molecule has 0 spiro atoms. The maximum Gasteiger partial charge on any atom is 0.330 e. The van der Waals surface area contributed by atoms with Crippen LogP contribution in [0.4, 0.5) is 0 Å². The lowest BCUT2D eigenvalue weighted by Gasteiger charge is -2.32.